The van der Waals surface area contributed by atoms with E-state index >= 15 is 0 Å². The number of thiazole rings is 1. The number of benzene rings is 2. The summed E-state index contributed by atoms with van der Waals surface area (Å²) < 4.78 is 16.1. The van der Waals surface area contributed by atoms with Crippen LogP contribution >= 0.6 is 22.7 Å². The van der Waals surface area contributed by atoms with E-state index in [2.05, 4.69) is 5.32 Å². The topological polar surface area (TPSA) is 69.7 Å². The van der Waals surface area contributed by atoms with E-state index < -0.39 is 0 Å². The van der Waals surface area contributed by atoms with E-state index in [0.29, 0.717) is 22.9 Å². The Bertz CT molecular complexity index is 1180. The van der Waals surface area contributed by atoms with Gasteiger partial charge in [-0.15, -0.1) is 22.7 Å². The van der Waals surface area contributed by atoms with Crippen LogP contribution in [0.2, 0.25) is 0 Å². The molecular formula is C24H22N2O4S2. The number of aromatic nitrogens is 1. The van der Waals surface area contributed by atoms with Crippen LogP contribution in [-0.4, -0.2) is 32.2 Å². The van der Waals surface area contributed by atoms with E-state index in [0.717, 1.165) is 26.0 Å². The lowest BCUT2D eigenvalue weighted by atomic mass is 10.2. The zero-order chi connectivity index (χ0) is 22.5. The summed E-state index contributed by atoms with van der Waals surface area (Å²) in [5, 5.41) is 5.84. The average Bonchev–Trinajstić information content (AvgIpc) is 3.49. The Balaban J connectivity index is 1.61. The van der Waals surface area contributed by atoms with Crippen molar-refractivity contribution in [1.29, 1.82) is 0 Å². The fourth-order valence-electron chi connectivity index (χ4n) is 3.29. The molecule has 0 saturated heterocycles. The first-order valence-corrected chi connectivity index (χ1v) is 11.5. The second kappa shape index (κ2) is 9.84. The van der Waals surface area contributed by atoms with E-state index in [9.17, 15) is 4.79 Å². The number of rotatable bonds is 8. The summed E-state index contributed by atoms with van der Waals surface area (Å²) in [6.07, 6.45) is 0.203. The number of carbonyl (C=O) groups excluding carboxylic acids is 1. The zero-order valence-corrected chi connectivity index (χ0v) is 19.5. The first-order chi connectivity index (χ1) is 15.6. The third kappa shape index (κ3) is 4.61. The van der Waals surface area contributed by atoms with Crippen molar-refractivity contribution in [2.24, 2.45) is 0 Å². The number of amides is 1. The number of hydrogen-bond donors (Lipinski definition) is 1. The third-order valence-corrected chi connectivity index (χ3v) is 6.72. The number of nitrogens with zero attached hydrogens (tertiary/aromatic N) is 1. The maximum absolute atomic E-state index is 13.0. The summed E-state index contributed by atoms with van der Waals surface area (Å²) in [7, 11) is 4.62. The van der Waals surface area contributed by atoms with Gasteiger partial charge in [0, 0.05) is 28.3 Å². The summed E-state index contributed by atoms with van der Waals surface area (Å²) in [4.78, 5) is 19.8. The smallest absolute Gasteiger partial charge is 0.229 e. The van der Waals surface area contributed by atoms with Gasteiger partial charge in [0.05, 0.1) is 38.3 Å². The maximum atomic E-state index is 13.0. The van der Waals surface area contributed by atoms with Gasteiger partial charge in [0.25, 0.3) is 0 Å². The number of anilines is 1. The summed E-state index contributed by atoms with van der Waals surface area (Å²) in [6.45, 7) is 0. The first kappa shape index (κ1) is 21.9. The molecule has 1 amide bonds. The van der Waals surface area contributed by atoms with Crippen molar-refractivity contribution in [3.63, 3.8) is 0 Å². The van der Waals surface area contributed by atoms with Gasteiger partial charge >= 0.3 is 0 Å². The highest BCUT2D eigenvalue weighted by atomic mass is 32.1. The maximum Gasteiger partial charge on any atom is 0.229 e. The number of nitrogens with one attached hydrogen (secondary N) is 1. The predicted octanol–water partition coefficient (Wildman–Crippen LogP) is 5.75. The second-order valence-electron chi connectivity index (χ2n) is 6.77. The molecule has 0 aliphatic rings. The quantitative estimate of drug-likeness (QED) is 0.358. The molecule has 32 heavy (non-hydrogen) atoms. The predicted molar refractivity (Wildman–Crippen MR) is 129 cm³/mol. The van der Waals surface area contributed by atoms with Crippen LogP contribution in [0.25, 0.3) is 21.1 Å². The van der Waals surface area contributed by atoms with Crippen molar-refractivity contribution in [3.8, 4) is 38.4 Å². The van der Waals surface area contributed by atoms with Crippen LogP contribution in [0.5, 0.6) is 17.2 Å². The Morgan fingerprint density at radius 3 is 2.28 bits per heavy atom. The second-order valence-corrected chi connectivity index (χ2v) is 8.80. The molecule has 0 aliphatic heterocycles. The van der Waals surface area contributed by atoms with Crippen LogP contribution in [-0.2, 0) is 11.2 Å². The normalized spacial score (nSPS) is 10.6. The van der Waals surface area contributed by atoms with E-state index in [1.165, 1.54) is 11.3 Å². The van der Waals surface area contributed by atoms with Gasteiger partial charge in [0.15, 0.2) is 11.5 Å². The lowest BCUT2D eigenvalue weighted by Gasteiger charge is -2.14. The number of carbonyl (C=O) groups is 1. The molecule has 164 valence electrons. The first-order valence-electron chi connectivity index (χ1n) is 9.81. The van der Waals surface area contributed by atoms with Gasteiger partial charge in [-0.1, -0.05) is 36.4 Å². The number of thiophene rings is 1. The Morgan fingerprint density at radius 1 is 0.969 bits per heavy atom. The van der Waals surface area contributed by atoms with Crippen LogP contribution in [0.4, 0.5) is 5.69 Å². The summed E-state index contributed by atoms with van der Waals surface area (Å²) >= 11 is 3.15. The van der Waals surface area contributed by atoms with Crippen molar-refractivity contribution >= 4 is 34.3 Å². The zero-order valence-electron chi connectivity index (χ0n) is 17.9. The SMILES string of the molecule is COc1cc(NC(=O)Cc2sc(-c3ccccc3)nc2-c2cccs2)cc(OC)c1OC. The van der Waals surface area contributed by atoms with Gasteiger partial charge in [-0.25, -0.2) is 4.98 Å². The highest BCUT2D eigenvalue weighted by molar-refractivity contribution is 7.17. The number of methoxy groups -OCH3 is 3. The molecule has 2 aromatic carbocycles. The molecule has 0 fully saturated rings. The molecule has 0 bridgehead atoms. The monoisotopic (exact) mass is 466 g/mol. The van der Waals surface area contributed by atoms with E-state index in [1.807, 2.05) is 47.8 Å². The molecule has 0 spiro atoms. The lowest BCUT2D eigenvalue weighted by Crippen LogP contribution is -2.14. The van der Waals surface area contributed by atoms with Crippen molar-refractivity contribution in [2.45, 2.75) is 6.42 Å². The fourth-order valence-corrected chi connectivity index (χ4v) is 5.17. The molecule has 0 unspecified atom stereocenters. The molecule has 8 heteroatoms. The van der Waals surface area contributed by atoms with Crippen LogP contribution in [0.3, 0.4) is 0 Å². The fraction of sp³-hybridized carbons (Fsp3) is 0.167. The molecule has 4 aromatic rings. The van der Waals surface area contributed by atoms with Crippen LogP contribution in [0.1, 0.15) is 4.88 Å². The molecule has 0 radical (unpaired) electrons. The van der Waals surface area contributed by atoms with Crippen molar-refractivity contribution in [2.75, 3.05) is 26.6 Å². The van der Waals surface area contributed by atoms with Gasteiger partial charge in [0.2, 0.25) is 11.7 Å². The van der Waals surface area contributed by atoms with Crippen LogP contribution in [0.15, 0.2) is 60.0 Å². The van der Waals surface area contributed by atoms with Crippen molar-refractivity contribution in [1.82, 2.24) is 4.98 Å². The Labute approximate surface area is 194 Å². The Hall–Kier alpha value is -3.36. The molecule has 0 aliphatic carbocycles. The number of ether oxygens (including phenoxy) is 3. The van der Waals surface area contributed by atoms with Gasteiger partial charge in [0.1, 0.15) is 5.01 Å². The molecule has 1 N–H and O–H groups in total. The summed E-state index contributed by atoms with van der Waals surface area (Å²) in [6, 6.07) is 17.4. The summed E-state index contributed by atoms with van der Waals surface area (Å²) in [5.41, 5.74) is 2.45. The van der Waals surface area contributed by atoms with Crippen molar-refractivity contribution in [3.05, 3.63) is 64.9 Å². The van der Waals surface area contributed by atoms with Gasteiger partial charge in [-0.2, -0.15) is 0 Å². The highest BCUT2D eigenvalue weighted by Gasteiger charge is 2.19. The molecule has 2 heterocycles. The lowest BCUT2D eigenvalue weighted by molar-refractivity contribution is -0.115. The third-order valence-electron chi connectivity index (χ3n) is 4.74. The average molecular weight is 467 g/mol. The standard InChI is InChI=1S/C24H22N2O4S2/c1-28-17-12-16(13-18(29-2)23(17)30-3)25-21(27)14-20-22(19-10-7-11-31-19)26-24(32-20)15-8-5-4-6-9-15/h4-13H,14H2,1-3H3,(H,25,27). The van der Waals surface area contributed by atoms with E-state index in [1.54, 1.807) is 44.8 Å². The molecule has 6 nitrogen and oxygen atoms in total. The number of hydrogen-bond acceptors (Lipinski definition) is 7. The highest BCUT2D eigenvalue weighted by Crippen LogP contribution is 2.40. The molecular weight excluding hydrogens is 444 g/mol. The molecule has 0 saturated carbocycles. The largest absolute Gasteiger partial charge is 0.493 e. The molecule has 0 atom stereocenters. The molecule has 2 aromatic heterocycles. The minimum absolute atomic E-state index is 0.152. The van der Waals surface area contributed by atoms with Crippen molar-refractivity contribution < 1.29 is 19.0 Å². The van der Waals surface area contributed by atoms with E-state index in [-0.39, 0.29) is 12.3 Å². The minimum Gasteiger partial charge on any atom is -0.493 e. The minimum atomic E-state index is -0.152. The Morgan fingerprint density at radius 2 is 1.69 bits per heavy atom. The van der Waals surface area contributed by atoms with E-state index in [4.69, 9.17) is 19.2 Å². The molecule has 4 rings (SSSR count). The van der Waals surface area contributed by atoms with Gasteiger partial charge < -0.3 is 19.5 Å². The van der Waals surface area contributed by atoms with Crippen LogP contribution < -0.4 is 19.5 Å². The van der Waals surface area contributed by atoms with Gasteiger partial charge in [-0.3, -0.25) is 4.79 Å². The van der Waals surface area contributed by atoms with Gasteiger partial charge in [-0.05, 0) is 11.4 Å². The summed E-state index contributed by atoms with van der Waals surface area (Å²) in [5.74, 6) is 1.28. The van der Waals surface area contributed by atoms with Crippen LogP contribution in [0, 0.1) is 0 Å². The Kier molecular flexibility index (Phi) is 6.72.